The van der Waals surface area contributed by atoms with Crippen molar-refractivity contribution in [2.45, 2.75) is 39.7 Å². The highest BCUT2D eigenvalue weighted by atomic mass is 127. The zero-order chi connectivity index (χ0) is 17.6. The smallest absolute Gasteiger partial charge is 0.191 e. The highest BCUT2D eigenvalue weighted by Crippen LogP contribution is 2.21. The van der Waals surface area contributed by atoms with Crippen molar-refractivity contribution >= 4 is 41.7 Å². The largest absolute Gasteiger partial charge is 0.468 e. The Morgan fingerprint density at radius 2 is 2.00 bits per heavy atom. The third kappa shape index (κ3) is 9.75. The van der Waals surface area contributed by atoms with E-state index in [2.05, 4.69) is 42.6 Å². The fraction of sp³-hybridized carbons (Fsp3) is 0.722. The number of guanidine groups is 1. The molecule has 7 heteroatoms. The van der Waals surface area contributed by atoms with Crippen LogP contribution in [-0.4, -0.2) is 55.6 Å². The fourth-order valence-corrected chi connectivity index (χ4v) is 3.12. The molecule has 0 bridgehead atoms. The molecule has 0 saturated carbocycles. The third-order valence-corrected chi connectivity index (χ3v) is 4.66. The Hall–Kier alpha value is -0.410. The molecule has 1 rings (SSSR count). The molecule has 0 aliphatic heterocycles. The lowest BCUT2D eigenvalue weighted by atomic mass is 10.2. The monoisotopic (exact) mass is 482 g/mol. The van der Waals surface area contributed by atoms with E-state index in [4.69, 9.17) is 9.41 Å². The van der Waals surface area contributed by atoms with Crippen LogP contribution in [0.4, 0.5) is 0 Å². The van der Waals surface area contributed by atoms with Gasteiger partial charge in [0.25, 0.3) is 0 Å². The number of thioether (sulfide) groups is 1. The van der Waals surface area contributed by atoms with E-state index in [0.29, 0.717) is 6.54 Å². The molecule has 25 heavy (non-hydrogen) atoms. The fourth-order valence-electron chi connectivity index (χ4n) is 2.63. The first kappa shape index (κ1) is 24.6. The third-order valence-electron chi connectivity index (χ3n) is 3.96. The SMILES string of the molecule is CCNC(=NCC(c1ccco1)N(CC)CC)NCCCCSC.I. The van der Waals surface area contributed by atoms with Crippen molar-refractivity contribution in [2.75, 3.05) is 44.7 Å². The van der Waals surface area contributed by atoms with E-state index in [1.165, 1.54) is 18.6 Å². The number of furan rings is 1. The van der Waals surface area contributed by atoms with Gasteiger partial charge in [-0.3, -0.25) is 9.89 Å². The molecule has 1 aromatic rings. The molecule has 1 aromatic heterocycles. The quantitative estimate of drug-likeness (QED) is 0.204. The highest BCUT2D eigenvalue weighted by molar-refractivity contribution is 14.0. The molecule has 0 saturated heterocycles. The van der Waals surface area contributed by atoms with Crippen molar-refractivity contribution in [3.8, 4) is 0 Å². The molecule has 0 radical (unpaired) electrons. The molecule has 146 valence electrons. The maximum absolute atomic E-state index is 5.64. The summed E-state index contributed by atoms with van der Waals surface area (Å²) >= 11 is 1.90. The normalized spacial score (nSPS) is 12.8. The number of hydrogen-bond acceptors (Lipinski definition) is 4. The van der Waals surface area contributed by atoms with E-state index in [0.717, 1.165) is 37.9 Å². The van der Waals surface area contributed by atoms with Crippen LogP contribution >= 0.6 is 35.7 Å². The molecule has 0 fully saturated rings. The molecule has 5 nitrogen and oxygen atoms in total. The van der Waals surface area contributed by atoms with Crippen molar-refractivity contribution in [3.05, 3.63) is 24.2 Å². The van der Waals surface area contributed by atoms with Crippen LogP contribution < -0.4 is 10.6 Å². The number of aliphatic imine (C=N–C) groups is 1. The van der Waals surface area contributed by atoms with Gasteiger partial charge in [0.15, 0.2) is 5.96 Å². The highest BCUT2D eigenvalue weighted by Gasteiger charge is 2.20. The molecule has 0 spiro atoms. The summed E-state index contributed by atoms with van der Waals surface area (Å²) in [6.45, 7) is 10.9. The van der Waals surface area contributed by atoms with Gasteiger partial charge in [0, 0.05) is 13.1 Å². The van der Waals surface area contributed by atoms with Gasteiger partial charge in [0.1, 0.15) is 5.76 Å². The van der Waals surface area contributed by atoms with Crippen molar-refractivity contribution in [1.29, 1.82) is 0 Å². The molecule has 1 unspecified atom stereocenters. The summed E-state index contributed by atoms with van der Waals surface area (Å²) in [4.78, 5) is 7.17. The van der Waals surface area contributed by atoms with Crippen molar-refractivity contribution < 1.29 is 4.42 Å². The Morgan fingerprint density at radius 3 is 2.56 bits per heavy atom. The number of nitrogens with one attached hydrogen (secondary N) is 2. The lowest BCUT2D eigenvalue weighted by Crippen LogP contribution is -2.39. The van der Waals surface area contributed by atoms with Gasteiger partial charge in [0.2, 0.25) is 0 Å². The number of halogens is 1. The average molecular weight is 482 g/mol. The van der Waals surface area contributed by atoms with Gasteiger partial charge in [-0.05, 0) is 57.0 Å². The number of unbranched alkanes of at least 4 members (excludes halogenated alkanes) is 1. The van der Waals surface area contributed by atoms with E-state index < -0.39 is 0 Å². The molecule has 2 N–H and O–H groups in total. The second-order valence-electron chi connectivity index (χ2n) is 5.60. The molecular formula is C18H35IN4OS. The molecular weight excluding hydrogens is 447 g/mol. The van der Waals surface area contributed by atoms with Crippen LogP contribution in [0.25, 0.3) is 0 Å². The topological polar surface area (TPSA) is 52.8 Å². The number of likely N-dealkylation sites (N-methyl/N-ethyl adjacent to an activating group) is 1. The van der Waals surface area contributed by atoms with E-state index in [1.807, 2.05) is 23.9 Å². The Kier molecular flexibility index (Phi) is 15.6. The van der Waals surface area contributed by atoms with Crippen LogP contribution in [0.5, 0.6) is 0 Å². The van der Waals surface area contributed by atoms with Gasteiger partial charge in [-0.25, -0.2) is 0 Å². The van der Waals surface area contributed by atoms with Crippen LogP contribution in [-0.2, 0) is 0 Å². The lowest BCUT2D eigenvalue weighted by Gasteiger charge is -2.27. The maximum Gasteiger partial charge on any atom is 0.191 e. The molecule has 1 heterocycles. The standard InChI is InChI=1S/C18H34N4OS.HI/c1-5-19-18(20-12-8-9-14-24-4)21-15-16(22(6-2)7-3)17-11-10-13-23-17;/h10-11,13,16H,5-9,12,14-15H2,1-4H3,(H2,19,20,21);1H. The molecule has 0 aliphatic carbocycles. The molecule has 0 aromatic carbocycles. The first-order valence-corrected chi connectivity index (χ1v) is 10.4. The lowest BCUT2D eigenvalue weighted by molar-refractivity contribution is 0.198. The maximum atomic E-state index is 5.64. The molecule has 0 aliphatic rings. The van der Waals surface area contributed by atoms with Crippen molar-refractivity contribution in [3.63, 3.8) is 0 Å². The van der Waals surface area contributed by atoms with Crippen molar-refractivity contribution in [1.82, 2.24) is 15.5 Å². The van der Waals surface area contributed by atoms with E-state index in [-0.39, 0.29) is 30.0 Å². The minimum Gasteiger partial charge on any atom is -0.468 e. The molecule has 1 atom stereocenters. The summed E-state index contributed by atoms with van der Waals surface area (Å²) in [5, 5.41) is 6.77. The van der Waals surface area contributed by atoms with Gasteiger partial charge in [-0.2, -0.15) is 11.8 Å². The van der Waals surface area contributed by atoms with Gasteiger partial charge >= 0.3 is 0 Å². The Morgan fingerprint density at radius 1 is 1.24 bits per heavy atom. The zero-order valence-electron chi connectivity index (χ0n) is 16.1. The first-order chi connectivity index (χ1) is 11.8. The van der Waals surface area contributed by atoms with E-state index in [1.54, 1.807) is 6.26 Å². The van der Waals surface area contributed by atoms with Gasteiger partial charge < -0.3 is 15.1 Å². The Labute approximate surface area is 174 Å². The van der Waals surface area contributed by atoms with Gasteiger partial charge in [-0.1, -0.05) is 13.8 Å². The predicted octanol–water partition coefficient (Wildman–Crippen LogP) is 3.98. The Bertz CT molecular complexity index is 438. The average Bonchev–Trinajstić information content (AvgIpc) is 3.12. The Balaban J connectivity index is 0.00000576. The summed E-state index contributed by atoms with van der Waals surface area (Å²) in [5.41, 5.74) is 0. The van der Waals surface area contributed by atoms with Crippen LogP contribution in [0.3, 0.4) is 0 Å². The summed E-state index contributed by atoms with van der Waals surface area (Å²) in [5.74, 6) is 3.10. The van der Waals surface area contributed by atoms with Crippen LogP contribution in [0.1, 0.15) is 45.4 Å². The molecule has 0 amide bonds. The zero-order valence-corrected chi connectivity index (χ0v) is 19.2. The summed E-state index contributed by atoms with van der Waals surface area (Å²) in [6.07, 6.45) is 6.30. The number of nitrogens with zero attached hydrogens (tertiary/aromatic N) is 2. The van der Waals surface area contributed by atoms with Crippen LogP contribution in [0.2, 0.25) is 0 Å². The summed E-state index contributed by atoms with van der Waals surface area (Å²) in [6, 6.07) is 4.17. The van der Waals surface area contributed by atoms with Crippen molar-refractivity contribution in [2.24, 2.45) is 4.99 Å². The number of hydrogen-bond donors (Lipinski definition) is 2. The summed E-state index contributed by atoms with van der Waals surface area (Å²) in [7, 11) is 0. The second-order valence-corrected chi connectivity index (χ2v) is 6.58. The summed E-state index contributed by atoms with van der Waals surface area (Å²) < 4.78 is 5.64. The van der Waals surface area contributed by atoms with Crippen LogP contribution in [0.15, 0.2) is 27.8 Å². The first-order valence-electron chi connectivity index (χ1n) is 9.05. The minimum atomic E-state index is 0. The van der Waals surface area contributed by atoms with E-state index >= 15 is 0 Å². The second kappa shape index (κ2) is 15.8. The van der Waals surface area contributed by atoms with Crippen LogP contribution in [0, 0.1) is 0 Å². The van der Waals surface area contributed by atoms with Gasteiger partial charge in [-0.15, -0.1) is 24.0 Å². The van der Waals surface area contributed by atoms with E-state index in [9.17, 15) is 0 Å². The minimum absolute atomic E-state index is 0. The number of rotatable bonds is 12. The van der Waals surface area contributed by atoms with Gasteiger partial charge in [0.05, 0.1) is 18.8 Å². The predicted molar refractivity (Wildman–Crippen MR) is 121 cm³/mol.